The van der Waals surface area contributed by atoms with Crippen LogP contribution >= 0.6 is 23.7 Å². The van der Waals surface area contributed by atoms with E-state index in [1.54, 1.807) is 17.5 Å². The molecule has 0 unspecified atom stereocenters. The van der Waals surface area contributed by atoms with Gasteiger partial charge in [-0.2, -0.15) is 13.0 Å². The zero-order chi connectivity index (χ0) is 17.6. The molecule has 0 aromatic carbocycles. The summed E-state index contributed by atoms with van der Waals surface area (Å²) in [6.07, 6.45) is 2.47. The molecule has 0 amide bonds. The molecule has 25 heavy (non-hydrogen) atoms. The maximum atomic E-state index is 8.98. The number of thiazole rings is 1. The van der Waals surface area contributed by atoms with Crippen LogP contribution in [0, 0.1) is 13.8 Å². The van der Waals surface area contributed by atoms with Crippen LogP contribution in [-0.2, 0) is 23.4 Å². The minimum Gasteiger partial charge on any atom is -1.00 e. The number of aliphatic hydroxyl groups excluding tert-OH is 1. The molecule has 144 valence electrons. The number of nitrogen functional groups attached to an aromatic ring is 1. The van der Waals surface area contributed by atoms with Gasteiger partial charge in [0.05, 0.1) is 10.4 Å². The third-order valence-electron chi connectivity index (χ3n) is 2.85. The van der Waals surface area contributed by atoms with Crippen molar-refractivity contribution in [3.8, 4) is 0 Å². The molecule has 13 heteroatoms. The Kier molecular flexibility index (Phi) is 12.0. The number of hydrogen-bond donors (Lipinski definition) is 4. The fraction of sp³-hybridized carbons (Fsp3) is 0.417. The second-order valence-corrected chi connectivity index (χ2v) is 6.44. The first kappa shape index (κ1) is 26.2. The van der Waals surface area contributed by atoms with Gasteiger partial charge in [-0.05, 0) is 6.92 Å². The predicted molar refractivity (Wildman–Crippen MR) is 91.7 cm³/mol. The minimum atomic E-state index is -4.67. The van der Waals surface area contributed by atoms with Gasteiger partial charge in [0.25, 0.3) is 0 Å². The van der Waals surface area contributed by atoms with Crippen LogP contribution in [0.3, 0.4) is 0 Å². The van der Waals surface area contributed by atoms with Gasteiger partial charge in [0.1, 0.15) is 11.6 Å². The average Bonchev–Trinajstić information content (AvgIpc) is 2.73. The van der Waals surface area contributed by atoms with Gasteiger partial charge >= 0.3 is 10.4 Å². The molecule has 0 saturated heterocycles. The largest absolute Gasteiger partial charge is 1.00 e. The van der Waals surface area contributed by atoms with Crippen LogP contribution in [0.2, 0.25) is 0 Å². The quantitative estimate of drug-likeness (QED) is 0.301. The van der Waals surface area contributed by atoms with E-state index in [1.807, 2.05) is 19.4 Å². The topological polar surface area (TPSA) is 151 Å². The second-order valence-electron chi connectivity index (χ2n) is 4.61. The van der Waals surface area contributed by atoms with Crippen molar-refractivity contribution in [3.63, 3.8) is 0 Å². The maximum Gasteiger partial charge on any atom is 0.394 e. The van der Waals surface area contributed by atoms with Crippen molar-refractivity contribution in [1.82, 2.24) is 9.97 Å². The molecular weight excluding hydrogens is 415 g/mol. The molecule has 0 aliphatic carbocycles. The minimum absolute atomic E-state index is 0. The molecule has 9 nitrogen and oxygen atoms in total. The Morgan fingerprint density at radius 2 is 1.88 bits per heavy atom. The SMILES string of the molecule is Cc1ncc(C[n+]2csc(CCO)c2C)c(N)n1.Cl.O=S(=O)(O)O.[Cl-]. The van der Waals surface area contributed by atoms with E-state index in [0.717, 1.165) is 11.3 Å². The number of hydrogen-bond acceptors (Lipinski definition) is 7. The van der Waals surface area contributed by atoms with E-state index in [0.29, 0.717) is 24.6 Å². The van der Waals surface area contributed by atoms with Gasteiger partial charge in [-0.25, -0.2) is 9.97 Å². The van der Waals surface area contributed by atoms with Gasteiger partial charge in [0.2, 0.25) is 5.51 Å². The normalized spacial score (nSPS) is 10.1. The summed E-state index contributed by atoms with van der Waals surface area (Å²) < 4.78 is 33.7. The van der Waals surface area contributed by atoms with Crippen LogP contribution in [0.1, 0.15) is 22.0 Å². The number of nitrogens with zero attached hydrogens (tertiary/aromatic N) is 3. The standard InChI is InChI=1S/C12H17N4OS.2ClH.H2O4S/c1-8-11(3-4-17)18-7-16(8)6-10-5-14-9(2)15-12(10)13;;;1-5(2,3)4/h5,7,17H,3-4,6H2,1-2H3,(H2,13,14,15);2*1H;(H2,1,2,3,4)/q+1;;;/p-1. The molecule has 0 fully saturated rings. The number of anilines is 1. The monoisotopic (exact) mass is 434 g/mol. The third-order valence-corrected chi connectivity index (χ3v) is 4.00. The molecular formula is C12H20Cl2N4O5S2. The summed E-state index contributed by atoms with van der Waals surface area (Å²) in [6, 6.07) is 0. The zero-order valence-electron chi connectivity index (χ0n) is 13.5. The van der Waals surface area contributed by atoms with Crippen LogP contribution < -0.4 is 22.7 Å². The molecule has 0 atom stereocenters. The van der Waals surface area contributed by atoms with Gasteiger partial charge < -0.3 is 23.2 Å². The number of nitrogens with two attached hydrogens (primary N) is 1. The molecule has 2 heterocycles. The Hall–Kier alpha value is -1.08. The molecule has 2 aromatic rings. The molecule has 0 radical (unpaired) electrons. The summed E-state index contributed by atoms with van der Waals surface area (Å²) in [5.41, 5.74) is 10.0. The highest BCUT2D eigenvalue weighted by molar-refractivity contribution is 7.79. The number of aromatic nitrogens is 3. The van der Waals surface area contributed by atoms with E-state index in [4.69, 9.17) is 28.4 Å². The van der Waals surface area contributed by atoms with Gasteiger partial charge in [-0.15, -0.1) is 12.4 Å². The van der Waals surface area contributed by atoms with Gasteiger partial charge in [0, 0.05) is 26.1 Å². The highest BCUT2D eigenvalue weighted by Gasteiger charge is 2.16. The Labute approximate surface area is 162 Å². The summed E-state index contributed by atoms with van der Waals surface area (Å²) >= 11 is 1.65. The van der Waals surface area contributed by atoms with Crippen LogP contribution in [-0.4, -0.2) is 39.2 Å². The van der Waals surface area contributed by atoms with E-state index in [9.17, 15) is 0 Å². The summed E-state index contributed by atoms with van der Waals surface area (Å²) in [5, 5.41) is 8.98. The molecule has 5 N–H and O–H groups in total. The predicted octanol–water partition coefficient (Wildman–Crippen LogP) is -2.62. The van der Waals surface area contributed by atoms with Gasteiger partial charge in [0.15, 0.2) is 12.2 Å². The molecule has 0 aliphatic heterocycles. The average molecular weight is 435 g/mol. The fourth-order valence-corrected chi connectivity index (χ4v) is 2.75. The number of aryl methyl sites for hydroxylation is 1. The number of halogens is 2. The second kappa shape index (κ2) is 11.5. The molecule has 0 aliphatic rings. The lowest BCUT2D eigenvalue weighted by atomic mass is 10.2. The molecule has 0 saturated carbocycles. The van der Waals surface area contributed by atoms with Crippen molar-refractivity contribution in [2.24, 2.45) is 0 Å². The Morgan fingerprint density at radius 3 is 2.36 bits per heavy atom. The number of aliphatic hydroxyl groups is 1. The van der Waals surface area contributed by atoms with E-state index >= 15 is 0 Å². The lowest BCUT2D eigenvalue weighted by Crippen LogP contribution is -3.00. The van der Waals surface area contributed by atoms with E-state index in [-0.39, 0.29) is 31.4 Å². The van der Waals surface area contributed by atoms with Crippen molar-refractivity contribution >= 4 is 40.0 Å². The fourth-order valence-electron chi connectivity index (χ4n) is 1.77. The summed E-state index contributed by atoms with van der Waals surface area (Å²) in [7, 11) is -4.67. The Morgan fingerprint density at radius 1 is 1.32 bits per heavy atom. The van der Waals surface area contributed by atoms with E-state index in [1.165, 1.54) is 4.88 Å². The highest BCUT2D eigenvalue weighted by atomic mass is 35.5. The van der Waals surface area contributed by atoms with Crippen LogP contribution in [0.5, 0.6) is 0 Å². The molecule has 2 rings (SSSR count). The first-order valence-corrected chi connectivity index (χ1v) is 8.74. The van der Waals surface area contributed by atoms with Crippen LogP contribution in [0.15, 0.2) is 11.7 Å². The molecule has 2 aromatic heterocycles. The Balaban J connectivity index is 0. The van der Waals surface area contributed by atoms with Crippen LogP contribution in [0.4, 0.5) is 5.82 Å². The first-order valence-electron chi connectivity index (χ1n) is 6.47. The van der Waals surface area contributed by atoms with Crippen molar-refractivity contribution < 1.29 is 39.6 Å². The van der Waals surface area contributed by atoms with Crippen molar-refractivity contribution in [2.75, 3.05) is 12.3 Å². The van der Waals surface area contributed by atoms with Crippen LogP contribution in [0.25, 0.3) is 0 Å². The highest BCUT2D eigenvalue weighted by Crippen LogP contribution is 2.13. The van der Waals surface area contributed by atoms with Crippen molar-refractivity contribution in [1.29, 1.82) is 0 Å². The van der Waals surface area contributed by atoms with Crippen molar-refractivity contribution in [2.45, 2.75) is 26.8 Å². The third kappa shape index (κ3) is 9.84. The summed E-state index contributed by atoms with van der Waals surface area (Å²) in [6.45, 7) is 4.71. The lowest BCUT2D eigenvalue weighted by Gasteiger charge is -2.01. The smallest absolute Gasteiger partial charge is 0.394 e. The number of rotatable bonds is 4. The first-order chi connectivity index (χ1) is 10.6. The maximum absolute atomic E-state index is 8.98. The summed E-state index contributed by atoms with van der Waals surface area (Å²) in [4.78, 5) is 9.53. The van der Waals surface area contributed by atoms with Gasteiger partial charge in [-0.1, -0.05) is 11.3 Å². The summed E-state index contributed by atoms with van der Waals surface area (Å²) in [5.74, 6) is 1.22. The molecule has 0 spiro atoms. The Bertz CT molecular complexity index is 763. The van der Waals surface area contributed by atoms with Crippen molar-refractivity contribution in [3.05, 3.63) is 33.7 Å². The lowest BCUT2D eigenvalue weighted by molar-refractivity contribution is -0.689. The zero-order valence-corrected chi connectivity index (χ0v) is 16.7. The molecule has 0 bridgehead atoms. The van der Waals surface area contributed by atoms with E-state index < -0.39 is 10.4 Å². The van der Waals surface area contributed by atoms with E-state index in [2.05, 4.69) is 14.5 Å². The van der Waals surface area contributed by atoms with Gasteiger partial charge in [-0.3, -0.25) is 9.11 Å².